The fourth-order valence-electron chi connectivity index (χ4n) is 5.60. The summed E-state index contributed by atoms with van der Waals surface area (Å²) >= 11 is 0. The molecule has 0 aliphatic carbocycles. The highest BCUT2D eigenvalue weighted by Crippen LogP contribution is 2.27. The number of hydrogen-bond acceptors (Lipinski definition) is 7. The van der Waals surface area contributed by atoms with Crippen LogP contribution in [-0.4, -0.2) is 85.5 Å². The number of piperidine rings is 2. The molecule has 3 aliphatic rings. The van der Waals surface area contributed by atoms with Gasteiger partial charge >= 0.3 is 6.09 Å². The van der Waals surface area contributed by atoms with Crippen LogP contribution in [0.4, 0.5) is 10.5 Å². The maximum absolute atomic E-state index is 13.0. The molecule has 4 amide bonds. The molecule has 2 aromatic carbocycles. The lowest BCUT2D eigenvalue weighted by Gasteiger charge is -2.38. The van der Waals surface area contributed by atoms with Gasteiger partial charge < -0.3 is 19.9 Å². The molecule has 0 radical (unpaired) electrons. The van der Waals surface area contributed by atoms with Gasteiger partial charge in [0, 0.05) is 57.4 Å². The highest BCUT2D eigenvalue weighted by molar-refractivity contribution is 6.00. The van der Waals surface area contributed by atoms with Crippen molar-refractivity contribution < 1.29 is 23.9 Å². The van der Waals surface area contributed by atoms with Crippen molar-refractivity contribution in [3.8, 4) is 0 Å². The van der Waals surface area contributed by atoms with Crippen LogP contribution >= 0.6 is 0 Å². The zero-order valence-corrected chi connectivity index (χ0v) is 22.7. The minimum absolute atomic E-state index is 0.0551. The average molecular weight is 548 g/mol. The molecule has 3 saturated heterocycles. The van der Waals surface area contributed by atoms with Gasteiger partial charge in [-0.05, 0) is 42.5 Å². The molecular weight excluding hydrogens is 510 g/mol. The summed E-state index contributed by atoms with van der Waals surface area (Å²) < 4.78 is 5.33. The van der Waals surface area contributed by atoms with Crippen LogP contribution in [0.1, 0.15) is 42.7 Å². The Labute approximate surface area is 234 Å². The molecule has 3 aliphatic heterocycles. The SMILES string of the molecule is O=C1CCC(c2ccc(N3CCN(C(=O)CN4CCC(NC(=O)OCc5ccccc5)CC4)CC3)cc2)C(=O)N1. The Morgan fingerprint density at radius 3 is 2.25 bits per heavy atom. The van der Waals surface area contributed by atoms with Gasteiger partial charge in [0.05, 0.1) is 12.5 Å². The van der Waals surface area contributed by atoms with Crippen molar-refractivity contribution in [2.45, 2.75) is 44.2 Å². The van der Waals surface area contributed by atoms with Gasteiger partial charge in [-0.3, -0.25) is 24.6 Å². The minimum Gasteiger partial charge on any atom is -0.445 e. The van der Waals surface area contributed by atoms with Crippen LogP contribution in [0.5, 0.6) is 0 Å². The van der Waals surface area contributed by atoms with E-state index in [1.165, 1.54) is 0 Å². The second-order valence-electron chi connectivity index (χ2n) is 10.7. The summed E-state index contributed by atoms with van der Waals surface area (Å²) in [4.78, 5) is 55.1. The Hall–Kier alpha value is -3.92. The van der Waals surface area contributed by atoms with E-state index in [0.29, 0.717) is 32.5 Å². The van der Waals surface area contributed by atoms with E-state index in [9.17, 15) is 19.2 Å². The second kappa shape index (κ2) is 13.0. The van der Waals surface area contributed by atoms with Gasteiger partial charge in [-0.25, -0.2) is 4.79 Å². The summed E-state index contributed by atoms with van der Waals surface area (Å²) in [5.74, 6) is -0.571. The van der Waals surface area contributed by atoms with E-state index < -0.39 is 6.09 Å². The van der Waals surface area contributed by atoms with E-state index in [0.717, 1.165) is 55.8 Å². The largest absolute Gasteiger partial charge is 0.445 e. The third kappa shape index (κ3) is 7.18. The van der Waals surface area contributed by atoms with Crippen molar-refractivity contribution in [2.75, 3.05) is 50.7 Å². The van der Waals surface area contributed by atoms with E-state index in [-0.39, 0.29) is 36.3 Å². The number of hydrogen-bond donors (Lipinski definition) is 2. The molecule has 5 rings (SSSR count). The van der Waals surface area contributed by atoms with E-state index in [4.69, 9.17) is 4.74 Å². The Balaban J connectivity index is 1.00. The number of rotatable bonds is 7. The van der Waals surface area contributed by atoms with E-state index in [1.807, 2.05) is 59.5 Å². The van der Waals surface area contributed by atoms with Gasteiger partial charge in [-0.2, -0.15) is 0 Å². The molecule has 10 nitrogen and oxygen atoms in total. The number of alkyl carbamates (subject to hydrolysis) is 1. The fourth-order valence-corrected chi connectivity index (χ4v) is 5.60. The van der Waals surface area contributed by atoms with E-state index in [2.05, 4.69) is 20.4 Å². The molecule has 0 spiro atoms. The smallest absolute Gasteiger partial charge is 0.407 e. The molecule has 0 bridgehead atoms. The number of imide groups is 1. The van der Waals surface area contributed by atoms with E-state index in [1.54, 1.807) is 0 Å². The highest BCUT2D eigenvalue weighted by Gasteiger charge is 2.29. The summed E-state index contributed by atoms with van der Waals surface area (Å²) in [6, 6.07) is 17.6. The molecule has 3 fully saturated rings. The third-order valence-corrected chi connectivity index (χ3v) is 8.01. The van der Waals surface area contributed by atoms with Gasteiger partial charge in [0.1, 0.15) is 6.61 Å². The third-order valence-electron chi connectivity index (χ3n) is 8.01. The molecule has 0 aromatic heterocycles. The Morgan fingerprint density at radius 2 is 1.57 bits per heavy atom. The maximum Gasteiger partial charge on any atom is 0.407 e. The van der Waals surface area contributed by atoms with Crippen LogP contribution in [0.3, 0.4) is 0 Å². The summed E-state index contributed by atoms with van der Waals surface area (Å²) in [5, 5.41) is 5.37. The number of carbonyl (C=O) groups is 4. The molecule has 2 aromatic rings. The summed E-state index contributed by atoms with van der Waals surface area (Å²) in [6.45, 7) is 5.00. The standard InChI is InChI=1S/C30H37N5O5/c36-27-11-10-26(29(38)32-27)23-6-8-25(9-7-23)34-16-18-35(19-17-34)28(37)20-33-14-12-24(13-15-33)31-30(39)40-21-22-4-2-1-3-5-22/h1-9,24,26H,10-21H2,(H,31,39)(H,32,36,38). The number of nitrogens with zero attached hydrogens (tertiary/aromatic N) is 3. The number of likely N-dealkylation sites (tertiary alicyclic amines) is 1. The van der Waals surface area contributed by atoms with E-state index >= 15 is 0 Å². The van der Waals surface area contributed by atoms with Crippen molar-refractivity contribution in [2.24, 2.45) is 0 Å². The Bertz CT molecular complexity index is 1190. The number of anilines is 1. The molecular formula is C30H37N5O5. The predicted octanol–water partition coefficient (Wildman–Crippen LogP) is 2.25. The lowest BCUT2D eigenvalue weighted by Crippen LogP contribution is -2.52. The predicted molar refractivity (Wildman–Crippen MR) is 150 cm³/mol. The molecule has 40 heavy (non-hydrogen) atoms. The van der Waals surface area contributed by atoms with Crippen LogP contribution in [0.25, 0.3) is 0 Å². The number of ether oxygens (including phenoxy) is 1. The number of piperazine rings is 1. The van der Waals surface area contributed by atoms with Crippen molar-refractivity contribution in [1.82, 2.24) is 20.4 Å². The molecule has 3 heterocycles. The molecule has 212 valence electrons. The Kier molecular flexibility index (Phi) is 8.95. The van der Waals surface area contributed by atoms with Gasteiger partial charge in [0.25, 0.3) is 0 Å². The van der Waals surface area contributed by atoms with Crippen molar-refractivity contribution in [3.05, 3.63) is 65.7 Å². The maximum atomic E-state index is 13.0. The number of amides is 4. The van der Waals surface area contributed by atoms with Crippen LogP contribution in [0.15, 0.2) is 54.6 Å². The molecule has 10 heteroatoms. The van der Waals surface area contributed by atoms with Gasteiger partial charge in [0.15, 0.2) is 0 Å². The van der Waals surface area contributed by atoms with Crippen LogP contribution in [-0.2, 0) is 25.7 Å². The normalized spacial score (nSPS) is 20.6. The average Bonchev–Trinajstić information content (AvgIpc) is 2.98. The first kappa shape index (κ1) is 27.6. The van der Waals surface area contributed by atoms with Crippen LogP contribution < -0.4 is 15.5 Å². The number of nitrogens with one attached hydrogen (secondary N) is 2. The zero-order valence-electron chi connectivity index (χ0n) is 22.7. The first-order chi connectivity index (χ1) is 19.4. The van der Waals surface area contributed by atoms with Crippen molar-refractivity contribution >= 4 is 29.5 Å². The van der Waals surface area contributed by atoms with Crippen molar-refractivity contribution in [1.29, 1.82) is 0 Å². The summed E-state index contributed by atoms with van der Waals surface area (Å²) in [7, 11) is 0. The number of carbonyl (C=O) groups excluding carboxylic acids is 4. The van der Waals surface area contributed by atoms with Gasteiger partial charge in [-0.1, -0.05) is 42.5 Å². The lowest BCUT2D eigenvalue weighted by atomic mass is 9.90. The summed E-state index contributed by atoms with van der Waals surface area (Å²) in [5.41, 5.74) is 2.94. The van der Waals surface area contributed by atoms with Crippen LogP contribution in [0, 0.1) is 0 Å². The molecule has 2 N–H and O–H groups in total. The minimum atomic E-state index is -0.401. The first-order valence-electron chi connectivity index (χ1n) is 14.1. The number of benzene rings is 2. The highest BCUT2D eigenvalue weighted by atomic mass is 16.5. The van der Waals surface area contributed by atoms with Gasteiger partial charge in [0.2, 0.25) is 17.7 Å². The topological polar surface area (TPSA) is 111 Å². The second-order valence-corrected chi connectivity index (χ2v) is 10.7. The fraction of sp³-hybridized carbons (Fsp3) is 0.467. The molecule has 1 unspecified atom stereocenters. The van der Waals surface area contributed by atoms with Crippen molar-refractivity contribution in [3.63, 3.8) is 0 Å². The lowest BCUT2D eigenvalue weighted by molar-refractivity contribution is -0.134. The quantitative estimate of drug-likeness (QED) is 0.512. The summed E-state index contributed by atoms with van der Waals surface area (Å²) in [6.07, 6.45) is 2.08. The monoisotopic (exact) mass is 547 g/mol. The first-order valence-corrected chi connectivity index (χ1v) is 14.1. The zero-order chi connectivity index (χ0) is 27.9. The molecule has 1 atom stereocenters. The van der Waals surface area contributed by atoms with Gasteiger partial charge in [-0.15, -0.1) is 0 Å². The van der Waals surface area contributed by atoms with Crippen LogP contribution in [0.2, 0.25) is 0 Å². The molecule has 0 saturated carbocycles. The Morgan fingerprint density at radius 1 is 0.875 bits per heavy atom.